The highest BCUT2D eigenvalue weighted by atomic mass is 79.9. The van der Waals surface area contributed by atoms with Crippen LogP contribution in [0.15, 0.2) is 106 Å². The molecule has 0 fully saturated rings. The molecule has 0 aromatic heterocycles. The third kappa shape index (κ3) is 5.46. The first-order valence-electron chi connectivity index (χ1n) is 12.7. The van der Waals surface area contributed by atoms with Crippen LogP contribution < -0.4 is 5.73 Å². The minimum atomic E-state index is -1.47. The van der Waals surface area contributed by atoms with Crippen LogP contribution in [-0.2, 0) is 16.9 Å². The van der Waals surface area contributed by atoms with E-state index in [9.17, 15) is 14.0 Å². The Morgan fingerprint density at radius 3 is 2.60 bits per heavy atom. The molecule has 2 unspecified atom stereocenters. The molecule has 2 N–H and O–H groups in total. The summed E-state index contributed by atoms with van der Waals surface area (Å²) in [5.74, 6) is -0.889. The molecule has 0 radical (unpaired) electrons. The SMILES string of the molecule is CN(CC1=CCC(Cl)C=C1)C(=O)c1cccc(CN2C(=O)C(c3ccc(F)cc3)(c3cccc(Br)c3)N=C2N)c1. The number of amides is 2. The van der Waals surface area contributed by atoms with Gasteiger partial charge in [0.05, 0.1) is 11.9 Å². The normalized spacial score (nSPS) is 20.4. The number of halogens is 3. The Kier molecular flexibility index (Phi) is 7.92. The van der Waals surface area contributed by atoms with Gasteiger partial charge in [0, 0.05) is 23.6 Å². The van der Waals surface area contributed by atoms with E-state index >= 15 is 0 Å². The maximum atomic E-state index is 14.1. The maximum absolute atomic E-state index is 14.1. The van der Waals surface area contributed by atoms with Gasteiger partial charge in [-0.2, -0.15) is 0 Å². The molecule has 0 saturated heterocycles. The minimum Gasteiger partial charge on any atom is -0.369 e. The number of rotatable bonds is 7. The van der Waals surface area contributed by atoms with Gasteiger partial charge in [0.25, 0.3) is 11.8 Å². The van der Waals surface area contributed by atoms with Crippen molar-refractivity contribution >= 4 is 45.3 Å². The fourth-order valence-electron chi connectivity index (χ4n) is 4.99. The van der Waals surface area contributed by atoms with Gasteiger partial charge in [-0.15, -0.1) is 11.6 Å². The summed E-state index contributed by atoms with van der Waals surface area (Å²) in [6.45, 7) is 0.571. The zero-order valence-electron chi connectivity index (χ0n) is 21.7. The lowest BCUT2D eigenvalue weighted by Crippen LogP contribution is -2.43. The van der Waals surface area contributed by atoms with Gasteiger partial charge in [-0.3, -0.25) is 14.5 Å². The molecular weight excluding hydrogens is 595 g/mol. The van der Waals surface area contributed by atoms with Crippen LogP contribution in [0.3, 0.4) is 0 Å². The number of hydrogen-bond donors (Lipinski definition) is 1. The van der Waals surface area contributed by atoms with E-state index in [0.717, 1.165) is 22.0 Å². The predicted octanol–water partition coefficient (Wildman–Crippen LogP) is 5.75. The zero-order chi connectivity index (χ0) is 28.4. The van der Waals surface area contributed by atoms with Gasteiger partial charge in [0.1, 0.15) is 5.82 Å². The number of nitrogens with zero attached hydrogens (tertiary/aromatic N) is 3. The number of hydrogen-bond acceptors (Lipinski definition) is 4. The second-order valence-corrected chi connectivity index (χ2v) is 11.3. The van der Waals surface area contributed by atoms with Crippen LogP contribution in [-0.4, -0.2) is 46.5 Å². The summed E-state index contributed by atoms with van der Waals surface area (Å²) in [5, 5.41) is -0.0177. The highest BCUT2D eigenvalue weighted by Crippen LogP contribution is 2.41. The number of allylic oxidation sites excluding steroid dienone is 2. The average Bonchev–Trinajstić information content (AvgIpc) is 3.20. The number of carbonyl (C=O) groups excluding carboxylic acids is 2. The molecule has 3 aromatic carbocycles. The topological polar surface area (TPSA) is 79.0 Å². The van der Waals surface area contributed by atoms with Crippen LogP contribution in [0.4, 0.5) is 4.39 Å². The standard InChI is InChI=1S/C31H27BrClFN4O2/c1-37(18-20-8-12-26(33)13-9-20)28(39)22-5-2-4-21(16-22)19-38-29(40)31(36-30(38)35,23-10-14-27(34)15-11-23)24-6-3-7-25(32)17-24/h2-12,14-17,26H,13,18-19H2,1H3,(H2,35,36). The Morgan fingerprint density at radius 2 is 1.90 bits per heavy atom. The summed E-state index contributed by atoms with van der Waals surface area (Å²) < 4.78 is 14.6. The summed E-state index contributed by atoms with van der Waals surface area (Å²) in [4.78, 5) is 35.1. The minimum absolute atomic E-state index is 0.0177. The van der Waals surface area contributed by atoms with E-state index in [-0.39, 0.29) is 29.7 Å². The van der Waals surface area contributed by atoms with Crippen LogP contribution in [0, 0.1) is 5.82 Å². The number of likely N-dealkylation sites (N-methyl/N-ethyl adjacent to an activating group) is 1. The van der Waals surface area contributed by atoms with Gasteiger partial charge in [0.15, 0.2) is 11.5 Å². The van der Waals surface area contributed by atoms with Gasteiger partial charge in [-0.1, -0.05) is 70.6 Å². The molecule has 2 atom stereocenters. The van der Waals surface area contributed by atoms with Crippen molar-refractivity contribution in [3.05, 3.63) is 129 Å². The third-order valence-corrected chi connectivity index (χ3v) is 7.84. The fraction of sp³-hybridized carbons (Fsp3) is 0.194. The van der Waals surface area contributed by atoms with Crippen molar-refractivity contribution in [2.45, 2.75) is 23.9 Å². The molecule has 6 nitrogen and oxygen atoms in total. The molecule has 9 heteroatoms. The largest absolute Gasteiger partial charge is 0.369 e. The van der Waals surface area contributed by atoms with Gasteiger partial charge in [-0.05, 0) is 65.1 Å². The number of benzene rings is 3. The lowest BCUT2D eigenvalue weighted by molar-refractivity contribution is -0.130. The second-order valence-electron chi connectivity index (χ2n) is 9.84. The van der Waals surface area contributed by atoms with Crippen LogP contribution in [0.25, 0.3) is 0 Å². The van der Waals surface area contributed by atoms with E-state index in [1.807, 2.05) is 36.4 Å². The Labute approximate surface area is 245 Å². The number of alkyl halides is 1. The number of guanidine groups is 1. The summed E-state index contributed by atoms with van der Waals surface area (Å²) in [6, 6.07) is 20.1. The Morgan fingerprint density at radius 1 is 1.15 bits per heavy atom. The highest BCUT2D eigenvalue weighted by Gasteiger charge is 2.50. The van der Waals surface area contributed by atoms with E-state index in [1.54, 1.807) is 54.4 Å². The molecule has 1 heterocycles. The van der Waals surface area contributed by atoms with E-state index in [2.05, 4.69) is 20.9 Å². The summed E-state index contributed by atoms with van der Waals surface area (Å²) >= 11 is 9.59. The molecule has 0 spiro atoms. The molecule has 2 amide bonds. The van der Waals surface area contributed by atoms with Crippen molar-refractivity contribution < 1.29 is 14.0 Å². The maximum Gasteiger partial charge on any atom is 0.266 e. The molecule has 1 aliphatic heterocycles. The van der Waals surface area contributed by atoms with Crippen LogP contribution in [0.5, 0.6) is 0 Å². The zero-order valence-corrected chi connectivity index (χ0v) is 24.1. The summed E-state index contributed by atoms with van der Waals surface area (Å²) in [6.07, 6.45) is 6.64. The highest BCUT2D eigenvalue weighted by molar-refractivity contribution is 9.10. The molecular formula is C31H27BrClFN4O2. The van der Waals surface area contributed by atoms with Gasteiger partial charge in [-0.25, -0.2) is 9.38 Å². The van der Waals surface area contributed by atoms with E-state index in [4.69, 9.17) is 17.3 Å². The van der Waals surface area contributed by atoms with Crippen molar-refractivity contribution in [3.8, 4) is 0 Å². The molecule has 0 saturated carbocycles. The van der Waals surface area contributed by atoms with Gasteiger partial charge >= 0.3 is 0 Å². The number of nitrogens with two attached hydrogens (primary N) is 1. The Balaban J connectivity index is 1.41. The number of carbonyl (C=O) groups is 2. The Hall–Kier alpha value is -3.75. The molecule has 204 valence electrons. The number of aliphatic imine (C=N–C) groups is 1. The van der Waals surface area contributed by atoms with Gasteiger partial charge < -0.3 is 10.6 Å². The smallest absolute Gasteiger partial charge is 0.266 e. The molecule has 5 rings (SSSR count). The molecule has 3 aromatic rings. The van der Waals surface area contributed by atoms with Gasteiger partial charge in [0.2, 0.25) is 0 Å². The van der Waals surface area contributed by atoms with E-state index in [1.165, 1.54) is 17.0 Å². The molecule has 0 bridgehead atoms. The first-order chi connectivity index (χ1) is 19.2. The van der Waals surface area contributed by atoms with Crippen LogP contribution in [0.1, 0.15) is 33.5 Å². The van der Waals surface area contributed by atoms with E-state index in [0.29, 0.717) is 23.2 Å². The Bertz CT molecular complexity index is 1550. The first kappa shape index (κ1) is 27.8. The average molecular weight is 622 g/mol. The first-order valence-corrected chi connectivity index (χ1v) is 14.0. The van der Waals surface area contributed by atoms with Crippen LogP contribution >= 0.6 is 27.5 Å². The molecule has 2 aliphatic rings. The quantitative estimate of drug-likeness (QED) is 0.341. The monoisotopic (exact) mass is 620 g/mol. The van der Waals surface area contributed by atoms with Crippen molar-refractivity contribution in [2.24, 2.45) is 10.7 Å². The van der Waals surface area contributed by atoms with Crippen molar-refractivity contribution in [3.63, 3.8) is 0 Å². The second kappa shape index (κ2) is 11.4. The van der Waals surface area contributed by atoms with Crippen molar-refractivity contribution in [2.75, 3.05) is 13.6 Å². The third-order valence-electron chi connectivity index (χ3n) is 7.02. The van der Waals surface area contributed by atoms with Crippen molar-refractivity contribution in [1.29, 1.82) is 0 Å². The van der Waals surface area contributed by atoms with E-state index < -0.39 is 11.4 Å². The summed E-state index contributed by atoms with van der Waals surface area (Å²) in [5.41, 5.74) is 8.23. The fourth-order valence-corrected chi connectivity index (χ4v) is 5.55. The predicted molar refractivity (Wildman–Crippen MR) is 158 cm³/mol. The lowest BCUT2D eigenvalue weighted by Gasteiger charge is -2.27. The molecule has 1 aliphatic carbocycles. The van der Waals surface area contributed by atoms with Crippen molar-refractivity contribution in [1.82, 2.24) is 9.80 Å². The lowest BCUT2D eigenvalue weighted by atomic mass is 9.83. The molecule has 40 heavy (non-hydrogen) atoms. The van der Waals surface area contributed by atoms with Crippen LogP contribution in [0.2, 0.25) is 0 Å². The summed E-state index contributed by atoms with van der Waals surface area (Å²) in [7, 11) is 1.75.